The van der Waals surface area contributed by atoms with Gasteiger partial charge in [0, 0.05) is 12.5 Å². The van der Waals surface area contributed by atoms with E-state index in [1.54, 1.807) is 0 Å². The molecule has 0 unspecified atom stereocenters. The van der Waals surface area contributed by atoms with E-state index in [4.69, 9.17) is 15.0 Å². The monoisotopic (exact) mass is 346 g/mol. The average molecular weight is 346 g/mol. The van der Waals surface area contributed by atoms with Crippen molar-refractivity contribution in [1.29, 1.82) is 0 Å². The van der Waals surface area contributed by atoms with Gasteiger partial charge in [-0.05, 0) is 37.5 Å². The molecule has 3 fully saturated rings. The smallest absolute Gasteiger partial charge is 0.404 e. The molecule has 5 rings (SSSR count). The van der Waals surface area contributed by atoms with E-state index in [9.17, 15) is 4.79 Å². The lowest BCUT2D eigenvalue weighted by molar-refractivity contribution is -0.133. The first-order valence-corrected chi connectivity index (χ1v) is 9.76. The number of amides is 1. The van der Waals surface area contributed by atoms with Crippen LogP contribution in [0.2, 0.25) is 0 Å². The zero-order valence-corrected chi connectivity index (χ0v) is 16.1. The first kappa shape index (κ1) is 17.6. The van der Waals surface area contributed by atoms with E-state index in [1.807, 2.05) is 18.7 Å². The van der Waals surface area contributed by atoms with Crippen LogP contribution in [0, 0.1) is 17.3 Å². The van der Waals surface area contributed by atoms with Crippen molar-refractivity contribution in [2.24, 2.45) is 23.0 Å². The van der Waals surface area contributed by atoms with Crippen molar-refractivity contribution < 1.29 is 14.1 Å². The van der Waals surface area contributed by atoms with Crippen molar-refractivity contribution in [3.05, 3.63) is 11.6 Å². The molecule has 2 aliphatic heterocycles. The molecule has 0 aromatic rings. The maximum Gasteiger partial charge on any atom is 0.481 e. The molecular formula is C19H31BN2O3. The highest BCUT2D eigenvalue weighted by Gasteiger charge is 2.65. The number of carbonyl (C=O) groups excluding carboxylic acids is 1. The van der Waals surface area contributed by atoms with Gasteiger partial charge in [-0.1, -0.05) is 39.3 Å². The van der Waals surface area contributed by atoms with Crippen LogP contribution in [-0.2, 0) is 14.1 Å². The molecule has 0 aromatic heterocycles. The third-order valence-corrected chi connectivity index (χ3v) is 7.20. The summed E-state index contributed by atoms with van der Waals surface area (Å²) in [6.45, 7) is 11.5. The summed E-state index contributed by atoms with van der Waals surface area (Å²) < 4.78 is 12.9. The Kier molecular flexibility index (Phi) is 3.92. The van der Waals surface area contributed by atoms with Crippen LogP contribution in [0.4, 0.5) is 0 Å². The van der Waals surface area contributed by atoms with Crippen molar-refractivity contribution in [2.75, 3.05) is 6.54 Å². The highest BCUT2D eigenvalue weighted by Crippen LogP contribution is 2.61. The fourth-order valence-electron chi connectivity index (χ4n) is 5.31. The topological polar surface area (TPSA) is 64.8 Å². The van der Waals surface area contributed by atoms with Gasteiger partial charge in [0.25, 0.3) is 0 Å². The Morgan fingerprint density at radius 3 is 2.76 bits per heavy atom. The van der Waals surface area contributed by atoms with Crippen molar-refractivity contribution in [3.63, 3.8) is 0 Å². The zero-order valence-electron chi connectivity index (χ0n) is 16.1. The van der Waals surface area contributed by atoms with E-state index in [1.165, 1.54) is 5.57 Å². The van der Waals surface area contributed by atoms with Gasteiger partial charge in [-0.25, -0.2) is 0 Å². The summed E-state index contributed by atoms with van der Waals surface area (Å²) in [4.78, 5) is 14.7. The highest BCUT2D eigenvalue weighted by atomic mass is 16.7. The van der Waals surface area contributed by atoms with Gasteiger partial charge in [-0.15, -0.1) is 0 Å². The number of hydrogen-bond acceptors (Lipinski definition) is 4. The molecule has 2 saturated heterocycles. The normalized spacial score (nSPS) is 40.0. The molecule has 1 saturated carbocycles. The molecule has 6 heteroatoms. The lowest BCUT2D eigenvalue weighted by Crippen LogP contribution is -2.59. The second-order valence-corrected chi connectivity index (χ2v) is 9.40. The lowest BCUT2D eigenvalue weighted by Gasteiger charge is -2.58. The van der Waals surface area contributed by atoms with Gasteiger partial charge in [0.15, 0.2) is 0 Å². The standard InChI is InChI=1S/C19H31BN2O3/c1-11(2)16(21)17(23)22-8-6-7-15(22)20-24-14-10-12-9-13(18(12,3)4)19(14,5)25-20/h9,11,13-16H,6-8,10,21H2,1-5H3/t13-,14+,15+,16-,19-/m0/s1. The fourth-order valence-corrected chi connectivity index (χ4v) is 5.31. The van der Waals surface area contributed by atoms with Crippen molar-refractivity contribution >= 4 is 13.0 Å². The van der Waals surface area contributed by atoms with Gasteiger partial charge < -0.3 is 19.9 Å². The summed E-state index contributed by atoms with van der Waals surface area (Å²) in [5, 5.41) is 0. The number of nitrogens with two attached hydrogens (primary N) is 1. The Morgan fingerprint density at radius 1 is 1.40 bits per heavy atom. The highest BCUT2D eigenvalue weighted by molar-refractivity contribution is 6.48. The predicted octanol–water partition coefficient (Wildman–Crippen LogP) is 2.15. The van der Waals surface area contributed by atoms with E-state index in [0.29, 0.717) is 5.92 Å². The molecule has 5 nitrogen and oxygen atoms in total. The summed E-state index contributed by atoms with van der Waals surface area (Å²) >= 11 is 0. The predicted molar refractivity (Wildman–Crippen MR) is 97.6 cm³/mol. The molecular weight excluding hydrogens is 315 g/mol. The third kappa shape index (κ3) is 2.37. The summed E-state index contributed by atoms with van der Waals surface area (Å²) in [5.41, 5.74) is 7.54. The fraction of sp³-hybridized carbons (Fsp3) is 0.842. The number of hydrogen-bond donors (Lipinski definition) is 1. The largest absolute Gasteiger partial charge is 0.481 e. The number of likely N-dealkylation sites (tertiary alicyclic amines) is 1. The Labute approximate surface area is 151 Å². The quantitative estimate of drug-likeness (QED) is 0.628. The average Bonchev–Trinajstić information content (AvgIpc) is 3.15. The lowest BCUT2D eigenvalue weighted by atomic mass is 9.50. The molecule has 1 amide bonds. The van der Waals surface area contributed by atoms with E-state index in [2.05, 4.69) is 26.8 Å². The van der Waals surface area contributed by atoms with Gasteiger partial charge in [0.05, 0.1) is 23.7 Å². The van der Waals surface area contributed by atoms with E-state index in [-0.39, 0.29) is 42.0 Å². The van der Waals surface area contributed by atoms with Crippen LogP contribution in [0.3, 0.4) is 0 Å². The Morgan fingerprint density at radius 2 is 2.12 bits per heavy atom. The number of carbonyl (C=O) groups is 1. The van der Waals surface area contributed by atoms with Crippen LogP contribution in [0.15, 0.2) is 11.6 Å². The van der Waals surface area contributed by atoms with E-state index in [0.717, 1.165) is 25.8 Å². The van der Waals surface area contributed by atoms with Crippen LogP contribution in [0.25, 0.3) is 0 Å². The number of rotatable bonds is 3. The molecule has 2 N–H and O–H groups in total. The second-order valence-electron chi connectivity index (χ2n) is 9.40. The first-order chi connectivity index (χ1) is 11.7. The summed E-state index contributed by atoms with van der Waals surface area (Å²) in [5.74, 6) is 0.556. The molecule has 2 heterocycles. The third-order valence-electron chi connectivity index (χ3n) is 7.20. The zero-order chi connectivity index (χ0) is 18.1. The van der Waals surface area contributed by atoms with Gasteiger partial charge >= 0.3 is 7.12 Å². The molecule has 5 atom stereocenters. The van der Waals surface area contributed by atoms with Crippen molar-refractivity contribution in [2.45, 2.75) is 77.6 Å². The summed E-state index contributed by atoms with van der Waals surface area (Å²) in [7, 11) is -0.329. The maximum absolute atomic E-state index is 12.8. The van der Waals surface area contributed by atoms with Crippen molar-refractivity contribution in [3.8, 4) is 0 Å². The Hall–Kier alpha value is -0.845. The first-order valence-electron chi connectivity index (χ1n) is 9.76. The Balaban J connectivity index is 1.51. The minimum Gasteiger partial charge on any atom is -0.404 e. The van der Waals surface area contributed by atoms with Gasteiger partial charge in [0.2, 0.25) is 5.91 Å². The van der Waals surface area contributed by atoms with Gasteiger partial charge in [0.1, 0.15) is 0 Å². The minimum atomic E-state index is -0.449. The SMILES string of the molecule is CC(C)[C@H](N)C(=O)N1CCC[C@@H]1B1O[C@@H]2CC3=C[C@@H](C3(C)C)[C@]2(C)O1. The Bertz CT molecular complexity index is 620. The second kappa shape index (κ2) is 5.57. The molecule has 0 spiro atoms. The van der Waals surface area contributed by atoms with E-state index < -0.39 is 6.04 Å². The molecule has 5 aliphatic rings. The van der Waals surface area contributed by atoms with Crippen LogP contribution in [-0.4, -0.2) is 48.2 Å². The molecule has 25 heavy (non-hydrogen) atoms. The van der Waals surface area contributed by atoms with Crippen LogP contribution < -0.4 is 5.73 Å². The van der Waals surface area contributed by atoms with Crippen molar-refractivity contribution in [1.82, 2.24) is 4.90 Å². The number of nitrogens with zero attached hydrogens (tertiary/aromatic N) is 1. The molecule has 0 radical (unpaired) electrons. The molecule has 3 aliphatic carbocycles. The van der Waals surface area contributed by atoms with E-state index >= 15 is 0 Å². The minimum absolute atomic E-state index is 0.00922. The van der Waals surface area contributed by atoms with Gasteiger partial charge in [-0.3, -0.25) is 4.79 Å². The molecule has 2 bridgehead atoms. The van der Waals surface area contributed by atoms with Crippen LogP contribution >= 0.6 is 0 Å². The maximum atomic E-state index is 12.8. The molecule has 0 aromatic carbocycles. The van der Waals surface area contributed by atoms with Crippen LogP contribution in [0.1, 0.15) is 53.9 Å². The van der Waals surface area contributed by atoms with Crippen LogP contribution in [0.5, 0.6) is 0 Å². The molecule has 138 valence electrons. The summed E-state index contributed by atoms with van der Waals surface area (Å²) in [6, 6.07) is -0.449. The summed E-state index contributed by atoms with van der Waals surface area (Å²) in [6.07, 6.45) is 5.34. The van der Waals surface area contributed by atoms with Gasteiger partial charge in [-0.2, -0.15) is 0 Å².